The van der Waals surface area contributed by atoms with Gasteiger partial charge in [-0.1, -0.05) is 41.0 Å². The lowest BCUT2D eigenvalue weighted by atomic mass is 10.1. The third-order valence-electron chi connectivity index (χ3n) is 3.64. The van der Waals surface area contributed by atoms with Crippen molar-refractivity contribution in [2.75, 3.05) is 5.75 Å². The van der Waals surface area contributed by atoms with Gasteiger partial charge in [0.25, 0.3) is 0 Å². The molecule has 0 aliphatic carbocycles. The van der Waals surface area contributed by atoms with Gasteiger partial charge < -0.3 is 5.32 Å². The standard InChI is InChI=1S/C16H15Cl2N5OS/c1-9(11-4-3-10(17)5-13(11)18)22-14(24)7-25-16-12-6-21-23(2)15(12)19-8-20-16/h3-6,8-9H,7H2,1-2H3,(H,22,24). The third kappa shape index (κ3) is 4.05. The number of nitrogens with zero attached hydrogens (tertiary/aromatic N) is 4. The van der Waals surface area contributed by atoms with Gasteiger partial charge in [0.2, 0.25) is 5.91 Å². The molecule has 0 bridgehead atoms. The van der Waals surface area contributed by atoms with E-state index < -0.39 is 0 Å². The van der Waals surface area contributed by atoms with Crippen LogP contribution in [0.15, 0.2) is 35.7 Å². The summed E-state index contributed by atoms with van der Waals surface area (Å²) >= 11 is 13.4. The predicted molar refractivity (Wildman–Crippen MR) is 100 cm³/mol. The number of benzene rings is 1. The van der Waals surface area contributed by atoms with Gasteiger partial charge in [0.15, 0.2) is 5.65 Å². The van der Waals surface area contributed by atoms with Crippen molar-refractivity contribution < 1.29 is 4.79 Å². The van der Waals surface area contributed by atoms with Crippen LogP contribution >= 0.6 is 35.0 Å². The number of aryl methyl sites for hydroxylation is 1. The zero-order chi connectivity index (χ0) is 18.0. The second-order valence-electron chi connectivity index (χ2n) is 5.43. The van der Waals surface area contributed by atoms with Crippen LogP contribution in [-0.2, 0) is 11.8 Å². The van der Waals surface area contributed by atoms with E-state index in [9.17, 15) is 4.79 Å². The number of halogens is 2. The minimum Gasteiger partial charge on any atom is -0.349 e. The molecule has 2 heterocycles. The summed E-state index contributed by atoms with van der Waals surface area (Å²) in [5.74, 6) is 0.121. The first-order chi connectivity index (χ1) is 12.0. The van der Waals surface area contributed by atoms with E-state index in [0.29, 0.717) is 10.0 Å². The Bertz CT molecular complexity index is 930. The summed E-state index contributed by atoms with van der Waals surface area (Å²) < 4.78 is 1.67. The Hall–Kier alpha value is -1.83. The van der Waals surface area contributed by atoms with Crippen molar-refractivity contribution in [1.29, 1.82) is 0 Å². The lowest BCUT2D eigenvalue weighted by Gasteiger charge is -2.15. The van der Waals surface area contributed by atoms with Crippen LogP contribution in [0.2, 0.25) is 10.0 Å². The highest BCUT2D eigenvalue weighted by molar-refractivity contribution is 8.00. The maximum absolute atomic E-state index is 12.3. The SMILES string of the molecule is CC(NC(=O)CSc1ncnc2c1cnn2C)c1ccc(Cl)cc1Cl. The molecule has 0 aliphatic rings. The van der Waals surface area contributed by atoms with Crippen molar-refractivity contribution >= 4 is 51.9 Å². The largest absolute Gasteiger partial charge is 0.349 e. The molecule has 3 rings (SSSR count). The Morgan fingerprint density at radius 3 is 2.92 bits per heavy atom. The van der Waals surface area contributed by atoms with Gasteiger partial charge in [-0.2, -0.15) is 5.10 Å². The Balaban J connectivity index is 1.64. The van der Waals surface area contributed by atoms with E-state index in [4.69, 9.17) is 23.2 Å². The van der Waals surface area contributed by atoms with E-state index in [1.54, 1.807) is 23.0 Å². The Morgan fingerprint density at radius 2 is 2.16 bits per heavy atom. The monoisotopic (exact) mass is 395 g/mol. The molecule has 6 nitrogen and oxygen atoms in total. The second-order valence-corrected chi connectivity index (χ2v) is 7.24. The van der Waals surface area contributed by atoms with Crippen molar-refractivity contribution in [3.05, 3.63) is 46.3 Å². The fourth-order valence-corrected chi connectivity index (χ4v) is 3.75. The molecule has 9 heteroatoms. The van der Waals surface area contributed by atoms with Crippen LogP contribution in [0.4, 0.5) is 0 Å². The van der Waals surface area contributed by atoms with Crippen molar-refractivity contribution in [1.82, 2.24) is 25.1 Å². The molecule has 25 heavy (non-hydrogen) atoms. The lowest BCUT2D eigenvalue weighted by Crippen LogP contribution is -2.28. The molecule has 0 saturated carbocycles. The molecule has 0 fully saturated rings. The molecule has 2 aromatic heterocycles. The molecule has 1 atom stereocenters. The summed E-state index contributed by atoms with van der Waals surface area (Å²) in [7, 11) is 1.81. The zero-order valence-electron chi connectivity index (χ0n) is 13.5. The fourth-order valence-electron chi connectivity index (χ4n) is 2.40. The predicted octanol–water partition coefficient (Wildman–Crippen LogP) is 3.64. The van der Waals surface area contributed by atoms with Gasteiger partial charge in [0.05, 0.1) is 23.4 Å². The molecular weight excluding hydrogens is 381 g/mol. The van der Waals surface area contributed by atoms with Crippen LogP contribution in [0.3, 0.4) is 0 Å². The number of thioether (sulfide) groups is 1. The topological polar surface area (TPSA) is 72.7 Å². The van der Waals surface area contributed by atoms with Crippen LogP contribution in [0.25, 0.3) is 11.0 Å². The molecule has 1 N–H and O–H groups in total. The molecule has 1 aromatic carbocycles. The minimum atomic E-state index is -0.221. The van der Waals surface area contributed by atoms with Crippen LogP contribution in [-0.4, -0.2) is 31.4 Å². The van der Waals surface area contributed by atoms with E-state index in [1.165, 1.54) is 18.1 Å². The lowest BCUT2D eigenvalue weighted by molar-refractivity contribution is -0.119. The van der Waals surface area contributed by atoms with E-state index in [0.717, 1.165) is 21.6 Å². The van der Waals surface area contributed by atoms with Gasteiger partial charge in [0, 0.05) is 17.1 Å². The van der Waals surface area contributed by atoms with Gasteiger partial charge in [-0.15, -0.1) is 0 Å². The maximum atomic E-state index is 12.3. The number of rotatable bonds is 5. The van der Waals surface area contributed by atoms with Gasteiger partial charge in [0.1, 0.15) is 11.4 Å². The average Bonchev–Trinajstić information content (AvgIpc) is 2.95. The fraction of sp³-hybridized carbons (Fsp3) is 0.250. The highest BCUT2D eigenvalue weighted by Gasteiger charge is 2.15. The molecule has 130 valence electrons. The first-order valence-corrected chi connectivity index (χ1v) is 9.19. The average molecular weight is 396 g/mol. The van der Waals surface area contributed by atoms with E-state index in [2.05, 4.69) is 20.4 Å². The third-order valence-corrected chi connectivity index (χ3v) is 5.21. The van der Waals surface area contributed by atoms with Gasteiger partial charge >= 0.3 is 0 Å². The first kappa shape index (κ1) is 18.0. The quantitative estimate of drug-likeness (QED) is 0.527. The molecule has 1 amide bonds. The van der Waals surface area contributed by atoms with Crippen LogP contribution < -0.4 is 5.32 Å². The number of carbonyl (C=O) groups excluding carboxylic acids is 1. The highest BCUT2D eigenvalue weighted by Crippen LogP contribution is 2.27. The number of carbonyl (C=O) groups is 1. The van der Waals surface area contributed by atoms with Crippen molar-refractivity contribution in [3.63, 3.8) is 0 Å². The van der Waals surface area contributed by atoms with Crippen molar-refractivity contribution in [3.8, 4) is 0 Å². The van der Waals surface area contributed by atoms with Gasteiger partial charge in [-0.3, -0.25) is 9.48 Å². The smallest absolute Gasteiger partial charge is 0.230 e. The number of hydrogen-bond acceptors (Lipinski definition) is 5. The van der Waals surface area contributed by atoms with E-state index in [1.807, 2.05) is 20.0 Å². The molecule has 0 radical (unpaired) electrons. The molecule has 0 saturated heterocycles. The summed E-state index contributed by atoms with van der Waals surface area (Å²) in [6, 6.07) is 5.00. The van der Waals surface area contributed by atoms with E-state index >= 15 is 0 Å². The first-order valence-electron chi connectivity index (χ1n) is 7.45. The normalized spacial score (nSPS) is 12.3. The van der Waals surface area contributed by atoms with Gasteiger partial charge in [-0.05, 0) is 24.6 Å². The number of hydrogen-bond donors (Lipinski definition) is 1. The molecule has 0 aliphatic heterocycles. The van der Waals surface area contributed by atoms with Crippen molar-refractivity contribution in [2.24, 2.45) is 7.05 Å². The Morgan fingerprint density at radius 1 is 1.36 bits per heavy atom. The molecular formula is C16H15Cl2N5OS. The Kier molecular flexibility index (Phi) is 5.46. The van der Waals surface area contributed by atoms with Gasteiger partial charge in [-0.25, -0.2) is 9.97 Å². The number of amides is 1. The second kappa shape index (κ2) is 7.59. The van der Waals surface area contributed by atoms with Crippen molar-refractivity contribution in [2.45, 2.75) is 18.0 Å². The van der Waals surface area contributed by atoms with Crippen LogP contribution in [0.5, 0.6) is 0 Å². The van der Waals surface area contributed by atoms with Crippen LogP contribution in [0, 0.1) is 0 Å². The summed E-state index contributed by atoms with van der Waals surface area (Å²) in [6.45, 7) is 1.88. The molecule has 0 spiro atoms. The number of nitrogens with one attached hydrogen (secondary N) is 1. The summed E-state index contributed by atoms with van der Waals surface area (Å²) in [5, 5.41) is 9.74. The summed E-state index contributed by atoms with van der Waals surface area (Å²) in [6.07, 6.45) is 3.17. The summed E-state index contributed by atoms with van der Waals surface area (Å²) in [5.41, 5.74) is 1.56. The minimum absolute atomic E-state index is 0.112. The maximum Gasteiger partial charge on any atom is 0.230 e. The zero-order valence-corrected chi connectivity index (χ0v) is 15.9. The summed E-state index contributed by atoms with van der Waals surface area (Å²) in [4.78, 5) is 20.7. The number of aromatic nitrogens is 4. The number of fused-ring (bicyclic) bond motifs is 1. The molecule has 3 aromatic rings. The Labute approximate surface area is 158 Å². The molecule has 1 unspecified atom stereocenters. The van der Waals surface area contributed by atoms with E-state index in [-0.39, 0.29) is 17.7 Å². The van der Waals surface area contributed by atoms with Crippen LogP contribution in [0.1, 0.15) is 18.5 Å². The highest BCUT2D eigenvalue weighted by atomic mass is 35.5.